The van der Waals surface area contributed by atoms with Crippen LogP contribution in [0, 0.1) is 10.1 Å². The highest BCUT2D eigenvalue weighted by molar-refractivity contribution is 6.30. The molecule has 0 spiro atoms. The summed E-state index contributed by atoms with van der Waals surface area (Å²) >= 11 is 5.80. The van der Waals surface area contributed by atoms with Gasteiger partial charge in [-0.25, -0.2) is 5.43 Å². The second-order valence-corrected chi connectivity index (χ2v) is 6.02. The topological polar surface area (TPSA) is 120 Å². The molecule has 0 aliphatic rings. The number of rotatable bonds is 6. The van der Waals surface area contributed by atoms with Crippen molar-refractivity contribution in [3.63, 3.8) is 0 Å². The maximum absolute atomic E-state index is 11.8. The van der Waals surface area contributed by atoms with Crippen molar-refractivity contribution in [1.29, 1.82) is 0 Å². The molecule has 3 aromatic rings. The molecule has 0 aliphatic carbocycles. The number of carbonyl (C=O) groups is 1. The molecule has 2 aromatic heterocycles. The van der Waals surface area contributed by atoms with Crippen LogP contribution in [-0.2, 0) is 11.3 Å². The highest BCUT2D eigenvalue weighted by Crippen LogP contribution is 2.33. The van der Waals surface area contributed by atoms with Crippen LogP contribution in [0.25, 0.3) is 11.3 Å². The summed E-state index contributed by atoms with van der Waals surface area (Å²) in [5.41, 5.74) is 2.05. The highest BCUT2D eigenvalue weighted by atomic mass is 35.5. The number of nitro groups is 1. The summed E-state index contributed by atoms with van der Waals surface area (Å²) in [6.07, 6.45) is 2.74. The normalized spacial score (nSPS) is 10.9. The van der Waals surface area contributed by atoms with Crippen LogP contribution in [0.4, 0.5) is 5.69 Å². The number of aromatic nitrogens is 1. The first-order valence-corrected chi connectivity index (χ1v) is 8.33. The molecule has 0 saturated heterocycles. The molecule has 0 bridgehead atoms. The van der Waals surface area contributed by atoms with E-state index < -0.39 is 10.8 Å². The largest absolute Gasteiger partial charge is 0.455 e. The third kappa shape index (κ3) is 4.51. The first-order chi connectivity index (χ1) is 13.4. The van der Waals surface area contributed by atoms with E-state index in [0.717, 1.165) is 0 Å². The predicted octanol–water partition coefficient (Wildman–Crippen LogP) is 2.82. The number of nitrogens with zero attached hydrogens (tertiary/aromatic N) is 3. The standard InChI is InChI=1S/C18H13ClN4O5/c19-12-4-6-14(15(9-12)23(26)27)16-7-5-13(28-16)10-20-21-17(24)11-22-8-2-1-3-18(22)25/h1-10H,11H2,(H,21,24)/b20-10-. The Morgan fingerprint density at radius 3 is 2.86 bits per heavy atom. The summed E-state index contributed by atoms with van der Waals surface area (Å²) < 4.78 is 6.75. The van der Waals surface area contributed by atoms with E-state index in [0.29, 0.717) is 0 Å². The molecule has 0 fully saturated rings. The van der Waals surface area contributed by atoms with Gasteiger partial charge in [0.25, 0.3) is 17.2 Å². The zero-order valence-corrected chi connectivity index (χ0v) is 15.0. The smallest absolute Gasteiger partial charge is 0.281 e. The Morgan fingerprint density at radius 2 is 2.11 bits per heavy atom. The Kier molecular flexibility index (Phi) is 5.66. The average Bonchev–Trinajstić information content (AvgIpc) is 3.12. The summed E-state index contributed by atoms with van der Waals surface area (Å²) in [6.45, 7) is -0.183. The molecule has 0 unspecified atom stereocenters. The van der Waals surface area contributed by atoms with Gasteiger partial charge in [0, 0.05) is 23.4 Å². The predicted molar refractivity (Wildman–Crippen MR) is 102 cm³/mol. The number of carbonyl (C=O) groups excluding carboxylic acids is 1. The third-order valence-corrected chi connectivity index (χ3v) is 3.88. The molecule has 1 aromatic carbocycles. The van der Waals surface area contributed by atoms with Gasteiger partial charge >= 0.3 is 0 Å². The second-order valence-electron chi connectivity index (χ2n) is 5.58. The number of nitro benzene ring substituents is 1. The van der Waals surface area contributed by atoms with Crippen molar-refractivity contribution in [3.8, 4) is 11.3 Å². The van der Waals surface area contributed by atoms with Crippen LogP contribution in [0.5, 0.6) is 0 Å². The fourth-order valence-electron chi connectivity index (χ4n) is 2.38. The monoisotopic (exact) mass is 400 g/mol. The molecule has 0 atom stereocenters. The third-order valence-electron chi connectivity index (χ3n) is 3.64. The van der Waals surface area contributed by atoms with Crippen molar-refractivity contribution in [2.24, 2.45) is 5.10 Å². The molecular weight excluding hydrogens is 388 g/mol. The van der Waals surface area contributed by atoms with Crippen molar-refractivity contribution in [1.82, 2.24) is 9.99 Å². The number of pyridine rings is 1. The Bertz CT molecular complexity index is 1120. The first-order valence-electron chi connectivity index (χ1n) is 7.95. The quantitative estimate of drug-likeness (QED) is 0.387. The summed E-state index contributed by atoms with van der Waals surface area (Å²) in [5, 5.41) is 15.2. The van der Waals surface area contributed by atoms with Gasteiger partial charge in [-0.1, -0.05) is 17.7 Å². The molecule has 0 saturated carbocycles. The first kappa shape index (κ1) is 19.1. The Balaban J connectivity index is 1.68. The van der Waals surface area contributed by atoms with Crippen molar-refractivity contribution in [2.45, 2.75) is 6.54 Å². The van der Waals surface area contributed by atoms with E-state index in [2.05, 4.69) is 10.5 Å². The SMILES string of the molecule is O=C(Cn1ccccc1=O)N/N=C\c1ccc(-c2ccc(Cl)cc2[N+](=O)[O-])o1. The fraction of sp³-hybridized carbons (Fsp3) is 0.0556. The van der Waals surface area contributed by atoms with Crippen LogP contribution in [0.3, 0.4) is 0 Å². The molecule has 28 heavy (non-hydrogen) atoms. The average molecular weight is 401 g/mol. The van der Waals surface area contributed by atoms with Crippen LogP contribution in [0.15, 0.2) is 69.0 Å². The summed E-state index contributed by atoms with van der Waals surface area (Å²) in [6, 6.07) is 11.9. The number of benzene rings is 1. The maximum atomic E-state index is 11.8. The second kappa shape index (κ2) is 8.31. The van der Waals surface area contributed by atoms with Gasteiger partial charge in [0.1, 0.15) is 18.1 Å². The molecule has 10 heteroatoms. The molecule has 0 radical (unpaired) electrons. The molecule has 1 amide bonds. The molecule has 0 aliphatic heterocycles. The Hall–Kier alpha value is -3.72. The van der Waals surface area contributed by atoms with Crippen molar-refractivity contribution >= 4 is 29.4 Å². The number of hydrogen-bond acceptors (Lipinski definition) is 6. The van der Waals surface area contributed by atoms with Crippen molar-refractivity contribution in [3.05, 3.63) is 86.0 Å². The minimum atomic E-state index is -0.552. The molecule has 1 N–H and O–H groups in total. The van der Waals surface area contributed by atoms with Crippen LogP contribution in [0.1, 0.15) is 5.76 Å². The fourth-order valence-corrected chi connectivity index (χ4v) is 2.55. The van der Waals surface area contributed by atoms with E-state index in [4.69, 9.17) is 16.0 Å². The number of hydrazone groups is 1. The van der Waals surface area contributed by atoms with Gasteiger partial charge < -0.3 is 8.98 Å². The Labute approximate surface area is 163 Å². The van der Waals surface area contributed by atoms with E-state index in [1.165, 1.54) is 41.2 Å². The maximum Gasteiger partial charge on any atom is 0.281 e. The van der Waals surface area contributed by atoms with Gasteiger partial charge in [-0.15, -0.1) is 0 Å². The zero-order valence-electron chi connectivity index (χ0n) is 14.2. The summed E-state index contributed by atoms with van der Waals surface area (Å²) in [4.78, 5) is 34.0. The lowest BCUT2D eigenvalue weighted by Gasteiger charge is -2.02. The number of amides is 1. The zero-order chi connectivity index (χ0) is 20.1. The van der Waals surface area contributed by atoms with Crippen molar-refractivity contribution in [2.75, 3.05) is 0 Å². The van der Waals surface area contributed by atoms with Gasteiger partial charge in [0.2, 0.25) is 0 Å². The van der Waals surface area contributed by atoms with Crippen molar-refractivity contribution < 1.29 is 14.1 Å². The summed E-state index contributed by atoms with van der Waals surface area (Å²) in [5.74, 6) is 0.0353. The number of furan rings is 1. The van der Waals surface area contributed by atoms with Crippen LogP contribution in [-0.4, -0.2) is 21.6 Å². The van der Waals surface area contributed by atoms with Gasteiger partial charge in [0.15, 0.2) is 0 Å². The minimum absolute atomic E-state index is 0.183. The van der Waals surface area contributed by atoms with Gasteiger partial charge in [-0.05, 0) is 30.3 Å². The van der Waals surface area contributed by atoms with Crippen LogP contribution in [0.2, 0.25) is 5.02 Å². The van der Waals surface area contributed by atoms with E-state index >= 15 is 0 Å². The summed E-state index contributed by atoms with van der Waals surface area (Å²) in [7, 11) is 0. The molecular formula is C18H13ClN4O5. The van der Waals surface area contributed by atoms with Gasteiger partial charge in [-0.3, -0.25) is 19.7 Å². The minimum Gasteiger partial charge on any atom is -0.455 e. The number of hydrogen-bond donors (Lipinski definition) is 1. The lowest BCUT2D eigenvalue weighted by atomic mass is 10.1. The molecule has 3 rings (SSSR count). The Morgan fingerprint density at radius 1 is 1.29 bits per heavy atom. The lowest BCUT2D eigenvalue weighted by Crippen LogP contribution is -2.28. The molecule has 142 valence electrons. The molecule has 2 heterocycles. The van der Waals surface area contributed by atoms with Gasteiger partial charge in [0.05, 0.1) is 16.7 Å². The van der Waals surface area contributed by atoms with E-state index in [-0.39, 0.29) is 39.9 Å². The molecule has 9 nitrogen and oxygen atoms in total. The van der Waals surface area contributed by atoms with E-state index in [9.17, 15) is 19.7 Å². The number of halogens is 1. The van der Waals surface area contributed by atoms with Crippen LogP contribution < -0.4 is 11.0 Å². The highest BCUT2D eigenvalue weighted by Gasteiger charge is 2.18. The van der Waals surface area contributed by atoms with E-state index in [1.54, 1.807) is 24.3 Å². The van der Waals surface area contributed by atoms with E-state index in [1.807, 2.05) is 0 Å². The van der Waals surface area contributed by atoms with Gasteiger partial charge in [-0.2, -0.15) is 5.10 Å². The number of nitrogens with one attached hydrogen (secondary N) is 1. The lowest BCUT2D eigenvalue weighted by molar-refractivity contribution is -0.384. The van der Waals surface area contributed by atoms with Crippen LogP contribution >= 0.6 is 11.6 Å².